The van der Waals surface area contributed by atoms with Crippen molar-refractivity contribution in [1.82, 2.24) is 24.6 Å². The third-order valence-electron chi connectivity index (χ3n) is 4.66. The minimum atomic E-state index is -4.53. The molecule has 2 heterocycles. The van der Waals surface area contributed by atoms with Crippen molar-refractivity contribution in [3.05, 3.63) is 71.4 Å². The van der Waals surface area contributed by atoms with Gasteiger partial charge in [-0.1, -0.05) is 13.0 Å². The summed E-state index contributed by atoms with van der Waals surface area (Å²) in [6, 6.07) is 8.20. The van der Waals surface area contributed by atoms with E-state index in [0.29, 0.717) is 30.2 Å². The quantitative estimate of drug-likeness (QED) is 0.588. The molecule has 0 bridgehead atoms. The number of pyridine rings is 1. The van der Waals surface area contributed by atoms with Gasteiger partial charge in [0.1, 0.15) is 6.33 Å². The molecule has 1 atom stereocenters. The molecule has 0 aliphatic carbocycles. The monoisotopic (exact) mass is 417 g/mol. The lowest BCUT2D eigenvalue weighted by Gasteiger charge is -2.29. The first-order chi connectivity index (χ1) is 14.2. The number of aryl methyl sites for hydroxylation is 1. The summed E-state index contributed by atoms with van der Waals surface area (Å²) in [7, 11) is 0. The van der Waals surface area contributed by atoms with Crippen LogP contribution in [0.1, 0.15) is 53.6 Å². The molecule has 1 amide bonds. The Balaban J connectivity index is 1.98. The van der Waals surface area contributed by atoms with E-state index in [2.05, 4.69) is 15.1 Å². The highest BCUT2D eigenvalue weighted by atomic mass is 19.4. The predicted octanol–water partition coefficient (Wildman–Crippen LogP) is 4.60. The van der Waals surface area contributed by atoms with E-state index in [0.717, 1.165) is 12.1 Å². The van der Waals surface area contributed by atoms with Crippen LogP contribution in [0.15, 0.2) is 48.9 Å². The van der Waals surface area contributed by atoms with Crippen molar-refractivity contribution in [2.45, 2.75) is 39.4 Å². The van der Waals surface area contributed by atoms with Crippen molar-refractivity contribution in [3.63, 3.8) is 0 Å². The molecule has 3 aromatic rings. The number of halogens is 3. The SMILES string of the molecule is CCCN(C(=O)c1cc(C)cc(C(F)(F)F)c1)C(C)c1ncnn1-c1ccccn1. The molecule has 9 heteroatoms. The Hall–Kier alpha value is -3.23. The molecule has 158 valence electrons. The molecule has 0 saturated heterocycles. The zero-order chi connectivity index (χ0) is 21.9. The van der Waals surface area contributed by atoms with Crippen molar-refractivity contribution in [2.75, 3.05) is 6.54 Å². The van der Waals surface area contributed by atoms with Crippen LogP contribution in [0.4, 0.5) is 13.2 Å². The van der Waals surface area contributed by atoms with Crippen LogP contribution in [0.25, 0.3) is 5.82 Å². The lowest BCUT2D eigenvalue weighted by molar-refractivity contribution is -0.137. The Morgan fingerprint density at radius 2 is 1.97 bits per heavy atom. The zero-order valence-electron chi connectivity index (χ0n) is 16.9. The van der Waals surface area contributed by atoms with Crippen LogP contribution < -0.4 is 0 Å². The molecular formula is C21H22F3N5O. The number of nitrogens with zero attached hydrogens (tertiary/aromatic N) is 5. The summed E-state index contributed by atoms with van der Waals surface area (Å²) < 4.78 is 41.2. The molecule has 0 aliphatic rings. The van der Waals surface area contributed by atoms with Crippen molar-refractivity contribution < 1.29 is 18.0 Å². The van der Waals surface area contributed by atoms with Crippen LogP contribution in [0.3, 0.4) is 0 Å². The summed E-state index contributed by atoms with van der Waals surface area (Å²) in [6.07, 6.45) is -0.914. The standard InChI is InChI=1S/C21H22F3N5O/c1-4-9-28(20(30)16-10-14(2)11-17(12-16)21(22,23)24)15(3)19-26-13-27-29(19)18-7-5-6-8-25-18/h5-8,10-13,15H,4,9H2,1-3H3. The minimum Gasteiger partial charge on any atom is -0.329 e. The van der Waals surface area contributed by atoms with Gasteiger partial charge in [0.15, 0.2) is 11.6 Å². The Labute approximate surface area is 172 Å². The lowest BCUT2D eigenvalue weighted by Crippen LogP contribution is -2.36. The molecule has 2 aromatic heterocycles. The fraction of sp³-hybridized carbons (Fsp3) is 0.333. The largest absolute Gasteiger partial charge is 0.416 e. The van der Waals surface area contributed by atoms with Gasteiger partial charge in [-0.25, -0.2) is 9.97 Å². The first-order valence-electron chi connectivity index (χ1n) is 9.53. The van der Waals surface area contributed by atoms with Crippen LogP contribution >= 0.6 is 0 Å². The van der Waals surface area contributed by atoms with Crippen molar-refractivity contribution >= 4 is 5.91 Å². The number of carbonyl (C=O) groups excluding carboxylic acids is 1. The molecule has 3 rings (SSSR count). The molecule has 1 unspecified atom stereocenters. The first kappa shape index (κ1) is 21.5. The van der Waals surface area contributed by atoms with E-state index < -0.39 is 23.7 Å². The van der Waals surface area contributed by atoms with Crippen LogP contribution in [-0.2, 0) is 6.18 Å². The highest BCUT2D eigenvalue weighted by Crippen LogP contribution is 2.31. The van der Waals surface area contributed by atoms with E-state index >= 15 is 0 Å². The maximum atomic E-state index is 13.2. The molecule has 0 spiro atoms. The molecule has 0 radical (unpaired) electrons. The van der Waals surface area contributed by atoms with Gasteiger partial charge >= 0.3 is 6.18 Å². The Morgan fingerprint density at radius 3 is 2.60 bits per heavy atom. The van der Waals surface area contributed by atoms with E-state index in [1.54, 1.807) is 31.3 Å². The third-order valence-corrected chi connectivity index (χ3v) is 4.66. The van der Waals surface area contributed by atoms with Crippen molar-refractivity contribution in [2.24, 2.45) is 0 Å². The minimum absolute atomic E-state index is 0.00785. The van der Waals surface area contributed by atoms with Gasteiger partial charge in [-0.3, -0.25) is 4.79 Å². The van der Waals surface area contributed by atoms with Crippen LogP contribution in [-0.4, -0.2) is 37.1 Å². The summed E-state index contributed by atoms with van der Waals surface area (Å²) in [5.41, 5.74) is -0.480. The zero-order valence-corrected chi connectivity index (χ0v) is 16.9. The average Bonchev–Trinajstić information content (AvgIpc) is 3.20. The second kappa shape index (κ2) is 8.64. The van der Waals surface area contributed by atoms with Gasteiger partial charge in [-0.15, -0.1) is 0 Å². The average molecular weight is 417 g/mol. The van der Waals surface area contributed by atoms with Gasteiger partial charge in [-0.2, -0.15) is 23.0 Å². The third kappa shape index (κ3) is 4.50. The molecular weight excluding hydrogens is 395 g/mol. The maximum absolute atomic E-state index is 13.2. The van der Waals surface area contributed by atoms with Crippen molar-refractivity contribution in [1.29, 1.82) is 0 Å². The summed E-state index contributed by atoms with van der Waals surface area (Å²) in [5.74, 6) is 0.518. The molecule has 1 aromatic carbocycles. The van der Waals surface area contributed by atoms with E-state index in [-0.39, 0.29) is 5.56 Å². The number of benzene rings is 1. The van der Waals surface area contributed by atoms with Gasteiger partial charge in [0.05, 0.1) is 11.6 Å². The second-order valence-corrected chi connectivity index (χ2v) is 6.98. The highest BCUT2D eigenvalue weighted by molar-refractivity contribution is 5.95. The fourth-order valence-corrected chi connectivity index (χ4v) is 3.28. The lowest BCUT2D eigenvalue weighted by atomic mass is 10.0. The predicted molar refractivity (Wildman–Crippen MR) is 105 cm³/mol. The van der Waals surface area contributed by atoms with E-state index in [1.165, 1.54) is 28.9 Å². The van der Waals surface area contributed by atoms with Gasteiger partial charge in [0, 0.05) is 18.3 Å². The Kier molecular flexibility index (Phi) is 6.19. The van der Waals surface area contributed by atoms with Gasteiger partial charge in [0.2, 0.25) is 0 Å². The number of alkyl halides is 3. The second-order valence-electron chi connectivity index (χ2n) is 6.98. The van der Waals surface area contributed by atoms with E-state index in [1.807, 2.05) is 6.92 Å². The molecule has 0 saturated carbocycles. The van der Waals surface area contributed by atoms with Crippen LogP contribution in [0, 0.1) is 6.92 Å². The number of rotatable bonds is 6. The Morgan fingerprint density at radius 1 is 1.20 bits per heavy atom. The fourth-order valence-electron chi connectivity index (χ4n) is 3.28. The molecule has 0 fully saturated rings. The summed E-state index contributed by atoms with van der Waals surface area (Å²) in [6.45, 7) is 5.56. The normalized spacial score (nSPS) is 12.6. The first-order valence-corrected chi connectivity index (χ1v) is 9.53. The number of hydrogen-bond acceptors (Lipinski definition) is 4. The smallest absolute Gasteiger partial charge is 0.329 e. The molecule has 0 N–H and O–H groups in total. The molecule has 30 heavy (non-hydrogen) atoms. The number of amides is 1. The summed E-state index contributed by atoms with van der Waals surface area (Å²) >= 11 is 0. The highest BCUT2D eigenvalue weighted by Gasteiger charge is 2.33. The number of aromatic nitrogens is 4. The van der Waals surface area contributed by atoms with Crippen molar-refractivity contribution in [3.8, 4) is 5.82 Å². The van der Waals surface area contributed by atoms with Gasteiger partial charge in [0.25, 0.3) is 5.91 Å². The van der Waals surface area contributed by atoms with Crippen LogP contribution in [0.2, 0.25) is 0 Å². The van der Waals surface area contributed by atoms with Crippen LogP contribution in [0.5, 0.6) is 0 Å². The maximum Gasteiger partial charge on any atom is 0.416 e. The number of carbonyl (C=O) groups is 1. The summed E-state index contributed by atoms with van der Waals surface area (Å²) in [5, 5.41) is 4.20. The topological polar surface area (TPSA) is 63.9 Å². The Bertz CT molecular complexity index is 1020. The number of hydrogen-bond donors (Lipinski definition) is 0. The van der Waals surface area contributed by atoms with E-state index in [4.69, 9.17) is 0 Å². The van der Waals surface area contributed by atoms with Gasteiger partial charge in [-0.05, 0) is 56.2 Å². The molecule has 6 nitrogen and oxygen atoms in total. The molecule has 0 aliphatic heterocycles. The van der Waals surface area contributed by atoms with Gasteiger partial charge < -0.3 is 4.90 Å². The van der Waals surface area contributed by atoms with E-state index in [9.17, 15) is 18.0 Å². The summed E-state index contributed by atoms with van der Waals surface area (Å²) in [4.78, 5) is 23.3.